The monoisotopic (exact) mass is 225 g/mol. The van der Waals surface area contributed by atoms with Crippen molar-refractivity contribution in [3.8, 4) is 0 Å². The molecule has 1 heterocycles. The Hall–Kier alpha value is -0.0800. The van der Waals surface area contributed by atoms with Crippen molar-refractivity contribution in [1.29, 1.82) is 0 Å². The molecule has 0 aromatic rings. The summed E-state index contributed by atoms with van der Waals surface area (Å²) in [6.07, 6.45) is 5.78. The van der Waals surface area contributed by atoms with Gasteiger partial charge in [-0.15, -0.1) is 0 Å². The van der Waals surface area contributed by atoms with Gasteiger partial charge in [0.2, 0.25) is 0 Å². The summed E-state index contributed by atoms with van der Waals surface area (Å²) in [6, 6.07) is 1.47. The third-order valence-electron chi connectivity index (χ3n) is 4.78. The smallest absolute Gasteiger partial charge is 0.0541 e. The normalized spacial score (nSPS) is 46.9. The average Bonchev–Trinajstić information content (AvgIpc) is 2.25. The maximum Gasteiger partial charge on any atom is 0.0541 e. The van der Waals surface area contributed by atoms with Gasteiger partial charge >= 0.3 is 0 Å². The predicted molar refractivity (Wildman–Crippen MR) is 67.4 cm³/mol. The summed E-state index contributed by atoms with van der Waals surface area (Å²) in [7, 11) is 0. The number of hydrogen-bond acceptors (Lipinski definition) is 2. The third kappa shape index (κ3) is 2.60. The Labute approximate surface area is 100 Å². The zero-order chi connectivity index (χ0) is 11.7. The second kappa shape index (κ2) is 5.05. The van der Waals surface area contributed by atoms with Gasteiger partial charge in [0.1, 0.15) is 0 Å². The summed E-state index contributed by atoms with van der Waals surface area (Å²) in [5.74, 6) is 1.67. The van der Waals surface area contributed by atoms with Gasteiger partial charge in [-0.2, -0.15) is 0 Å². The standard InChI is InChI=1S/C14H27NO/c1-10-8-11(2)12(3)15(9-10)13-4-6-14(16)7-5-13/h10-14,16H,4-9H2,1-3H3. The molecule has 1 aliphatic carbocycles. The van der Waals surface area contributed by atoms with Crippen molar-refractivity contribution in [2.75, 3.05) is 6.54 Å². The molecule has 0 aromatic carbocycles. The topological polar surface area (TPSA) is 23.5 Å². The minimum absolute atomic E-state index is 0.0220. The molecular formula is C14H27NO. The first-order chi connectivity index (χ1) is 7.58. The minimum atomic E-state index is -0.0220. The first-order valence-corrected chi connectivity index (χ1v) is 7.01. The van der Waals surface area contributed by atoms with E-state index in [1.165, 1.54) is 25.8 Å². The van der Waals surface area contributed by atoms with Crippen molar-refractivity contribution in [1.82, 2.24) is 4.90 Å². The number of rotatable bonds is 1. The van der Waals surface area contributed by atoms with Gasteiger partial charge in [0, 0.05) is 18.6 Å². The van der Waals surface area contributed by atoms with E-state index in [0.717, 1.165) is 36.8 Å². The second-order valence-corrected chi connectivity index (χ2v) is 6.22. The largest absolute Gasteiger partial charge is 0.393 e. The van der Waals surface area contributed by atoms with Crippen LogP contribution in [0.4, 0.5) is 0 Å². The molecule has 2 nitrogen and oxygen atoms in total. The summed E-state index contributed by atoms with van der Waals surface area (Å²) < 4.78 is 0. The molecule has 1 saturated carbocycles. The molecule has 0 radical (unpaired) electrons. The van der Waals surface area contributed by atoms with E-state index in [4.69, 9.17) is 0 Å². The van der Waals surface area contributed by atoms with Crippen LogP contribution in [0.15, 0.2) is 0 Å². The van der Waals surface area contributed by atoms with Crippen molar-refractivity contribution < 1.29 is 5.11 Å². The van der Waals surface area contributed by atoms with Crippen molar-refractivity contribution >= 4 is 0 Å². The van der Waals surface area contributed by atoms with Gasteiger partial charge in [-0.1, -0.05) is 13.8 Å². The molecule has 1 saturated heterocycles. The molecule has 3 unspecified atom stereocenters. The lowest BCUT2D eigenvalue weighted by atomic mass is 9.82. The lowest BCUT2D eigenvalue weighted by molar-refractivity contribution is 0.00493. The summed E-state index contributed by atoms with van der Waals surface area (Å²) in [5.41, 5.74) is 0. The molecular weight excluding hydrogens is 198 g/mol. The Bertz CT molecular complexity index is 223. The number of nitrogens with zero attached hydrogens (tertiary/aromatic N) is 1. The van der Waals surface area contributed by atoms with Crippen LogP contribution in [0, 0.1) is 11.8 Å². The van der Waals surface area contributed by atoms with Crippen LogP contribution in [0.1, 0.15) is 52.9 Å². The average molecular weight is 225 g/mol. The van der Waals surface area contributed by atoms with Gasteiger partial charge in [-0.25, -0.2) is 0 Å². The van der Waals surface area contributed by atoms with Crippen LogP contribution in [0.5, 0.6) is 0 Å². The molecule has 1 aliphatic heterocycles. The number of likely N-dealkylation sites (tertiary alicyclic amines) is 1. The van der Waals surface area contributed by atoms with Crippen LogP contribution < -0.4 is 0 Å². The summed E-state index contributed by atoms with van der Waals surface area (Å²) in [6.45, 7) is 8.44. The van der Waals surface area contributed by atoms with Crippen LogP contribution in [-0.4, -0.2) is 34.7 Å². The van der Waals surface area contributed by atoms with Crippen LogP contribution in [-0.2, 0) is 0 Å². The Balaban J connectivity index is 1.96. The van der Waals surface area contributed by atoms with E-state index in [9.17, 15) is 5.11 Å². The highest BCUT2D eigenvalue weighted by atomic mass is 16.3. The molecule has 16 heavy (non-hydrogen) atoms. The van der Waals surface area contributed by atoms with Crippen molar-refractivity contribution in [3.63, 3.8) is 0 Å². The summed E-state index contributed by atoms with van der Waals surface area (Å²) >= 11 is 0. The quantitative estimate of drug-likeness (QED) is 0.741. The Morgan fingerprint density at radius 1 is 1.00 bits per heavy atom. The van der Waals surface area contributed by atoms with Crippen LogP contribution in [0.2, 0.25) is 0 Å². The highest BCUT2D eigenvalue weighted by Gasteiger charge is 2.34. The van der Waals surface area contributed by atoms with E-state index in [1.54, 1.807) is 0 Å². The number of aliphatic hydroxyl groups excluding tert-OH is 1. The van der Waals surface area contributed by atoms with E-state index in [2.05, 4.69) is 25.7 Å². The molecule has 2 heteroatoms. The molecule has 0 bridgehead atoms. The van der Waals surface area contributed by atoms with E-state index >= 15 is 0 Å². The van der Waals surface area contributed by atoms with Gasteiger partial charge in [0.05, 0.1) is 6.10 Å². The van der Waals surface area contributed by atoms with Gasteiger partial charge in [0.15, 0.2) is 0 Å². The third-order valence-corrected chi connectivity index (χ3v) is 4.78. The molecule has 3 atom stereocenters. The maximum absolute atomic E-state index is 9.58. The lowest BCUT2D eigenvalue weighted by Gasteiger charge is -2.47. The molecule has 2 aliphatic rings. The maximum atomic E-state index is 9.58. The number of aliphatic hydroxyl groups is 1. The van der Waals surface area contributed by atoms with E-state index < -0.39 is 0 Å². The fourth-order valence-corrected chi connectivity index (χ4v) is 3.63. The van der Waals surface area contributed by atoms with Gasteiger partial charge in [-0.3, -0.25) is 4.90 Å². The SMILES string of the molecule is CC1CC(C)C(C)N(C2CCC(O)CC2)C1. The highest BCUT2D eigenvalue weighted by Crippen LogP contribution is 2.33. The summed E-state index contributed by atoms with van der Waals surface area (Å²) in [5, 5.41) is 9.58. The molecule has 94 valence electrons. The number of hydrogen-bond donors (Lipinski definition) is 1. The van der Waals surface area contributed by atoms with Crippen molar-refractivity contribution in [2.24, 2.45) is 11.8 Å². The Morgan fingerprint density at radius 2 is 1.62 bits per heavy atom. The zero-order valence-corrected chi connectivity index (χ0v) is 11.0. The van der Waals surface area contributed by atoms with Crippen LogP contribution >= 0.6 is 0 Å². The first kappa shape index (κ1) is 12.4. The molecule has 0 spiro atoms. The molecule has 0 amide bonds. The van der Waals surface area contributed by atoms with Crippen molar-refractivity contribution in [3.05, 3.63) is 0 Å². The second-order valence-electron chi connectivity index (χ2n) is 6.22. The van der Waals surface area contributed by atoms with Gasteiger partial charge in [0.25, 0.3) is 0 Å². The van der Waals surface area contributed by atoms with Gasteiger partial charge < -0.3 is 5.11 Å². The van der Waals surface area contributed by atoms with E-state index in [-0.39, 0.29) is 6.10 Å². The highest BCUT2D eigenvalue weighted by molar-refractivity contribution is 4.88. The Kier molecular flexibility index (Phi) is 3.91. The fourth-order valence-electron chi connectivity index (χ4n) is 3.63. The Morgan fingerprint density at radius 3 is 2.25 bits per heavy atom. The first-order valence-electron chi connectivity index (χ1n) is 7.01. The predicted octanol–water partition coefficient (Wildman–Crippen LogP) is 2.66. The van der Waals surface area contributed by atoms with Crippen LogP contribution in [0.3, 0.4) is 0 Å². The van der Waals surface area contributed by atoms with Crippen LogP contribution in [0.25, 0.3) is 0 Å². The minimum Gasteiger partial charge on any atom is -0.393 e. The van der Waals surface area contributed by atoms with Gasteiger partial charge in [-0.05, 0) is 50.9 Å². The van der Waals surface area contributed by atoms with E-state index in [1.807, 2.05) is 0 Å². The van der Waals surface area contributed by atoms with Crippen molar-refractivity contribution in [2.45, 2.75) is 71.1 Å². The fraction of sp³-hybridized carbons (Fsp3) is 1.00. The van der Waals surface area contributed by atoms with E-state index in [0.29, 0.717) is 0 Å². The summed E-state index contributed by atoms with van der Waals surface area (Å²) in [4.78, 5) is 2.73. The zero-order valence-electron chi connectivity index (χ0n) is 11.0. The molecule has 1 N–H and O–H groups in total. The molecule has 0 aromatic heterocycles. The molecule has 2 fully saturated rings. The molecule has 2 rings (SSSR count). The lowest BCUT2D eigenvalue weighted by Crippen LogP contribution is -2.52. The number of piperidine rings is 1.